The molecule has 1 aliphatic heterocycles. The Morgan fingerprint density at radius 3 is 3.09 bits per heavy atom. The molecule has 0 amide bonds. The molecule has 0 aliphatic carbocycles. The molecule has 0 aromatic carbocycles. The number of aliphatic imine (C=N–C) groups is 2. The van der Waals surface area contributed by atoms with E-state index in [0.717, 1.165) is 11.4 Å². The van der Waals surface area contributed by atoms with Crippen LogP contribution in [0.15, 0.2) is 40.6 Å². The van der Waals surface area contributed by atoms with E-state index < -0.39 is 0 Å². The van der Waals surface area contributed by atoms with Gasteiger partial charge in [-0.1, -0.05) is 6.58 Å². The van der Waals surface area contributed by atoms with Crippen LogP contribution in [0.2, 0.25) is 0 Å². The SMILES string of the molecule is C=C1C=CN/C1=N/C=C=NC. The van der Waals surface area contributed by atoms with Crippen molar-refractivity contribution in [3.05, 3.63) is 30.6 Å². The molecule has 0 saturated carbocycles. The first-order valence-electron chi connectivity index (χ1n) is 3.21. The first-order chi connectivity index (χ1) is 5.34. The first kappa shape index (κ1) is 7.51. The summed E-state index contributed by atoms with van der Waals surface area (Å²) in [6, 6.07) is 0. The summed E-state index contributed by atoms with van der Waals surface area (Å²) < 4.78 is 0. The number of nitrogens with zero attached hydrogens (tertiary/aromatic N) is 2. The van der Waals surface area contributed by atoms with Crippen LogP contribution >= 0.6 is 0 Å². The predicted octanol–water partition coefficient (Wildman–Crippen LogP) is 0.871. The van der Waals surface area contributed by atoms with Crippen molar-refractivity contribution < 1.29 is 0 Å². The third kappa shape index (κ3) is 1.92. The lowest BCUT2D eigenvalue weighted by Crippen LogP contribution is -2.11. The molecule has 0 radical (unpaired) electrons. The van der Waals surface area contributed by atoms with Gasteiger partial charge in [-0.2, -0.15) is 0 Å². The van der Waals surface area contributed by atoms with Gasteiger partial charge in [-0.25, -0.2) is 9.98 Å². The second-order valence-corrected chi connectivity index (χ2v) is 1.96. The van der Waals surface area contributed by atoms with E-state index in [9.17, 15) is 0 Å². The van der Waals surface area contributed by atoms with E-state index in [1.165, 1.54) is 6.20 Å². The molecule has 11 heavy (non-hydrogen) atoms. The van der Waals surface area contributed by atoms with Crippen LogP contribution in [0.3, 0.4) is 0 Å². The fourth-order valence-corrected chi connectivity index (χ4v) is 0.664. The zero-order valence-electron chi connectivity index (χ0n) is 6.33. The Hall–Kier alpha value is -1.60. The summed E-state index contributed by atoms with van der Waals surface area (Å²) in [4.78, 5) is 7.64. The Kier molecular flexibility index (Phi) is 2.42. The summed E-state index contributed by atoms with van der Waals surface area (Å²) in [6.45, 7) is 3.76. The summed E-state index contributed by atoms with van der Waals surface area (Å²) in [5, 5.41) is 2.92. The van der Waals surface area contributed by atoms with Crippen LogP contribution in [0.1, 0.15) is 0 Å². The van der Waals surface area contributed by atoms with E-state index in [2.05, 4.69) is 27.8 Å². The second-order valence-electron chi connectivity index (χ2n) is 1.96. The minimum atomic E-state index is 0.751. The lowest BCUT2D eigenvalue weighted by Gasteiger charge is -1.93. The van der Waals surface area contributed by atoms with Crippen LogP contribution in [0, 0.1) is 0 Å². The van der Waals surface area contributed by atoms with Crippen LogP contribution < -0.4 is 5.32 Å². The van der Waals surface area contributed by atoms with E-state index in [0.29, 0.717) is 0 Å². The van der Waals surface area contributed by atoms with Crippen molar-refractivity contribution in [2.45, 2.75) is 0 Å². The average molecular weight is 147 g/mol. The van der Waals surface area contributed by atoms with E-state index in [4.69, 9.17) is 0 Å². The normalized spacial score (nSPS) is 17.9. The Bertz CT molecular complexity index is 278. The molecule has 0 unspecified atom stereocenters. The van der Waals surface area contributed by atoms with Crippen LogP contribution in [0.4, 0.5) is 0 Å². The maximum atomic E-state index is 4.01. The molecular weight excluding hydrogens is 138 g/mol. The van der Waals surface area contributed by atoms with Gasteiger partial charge in [0.25, 0.3) is 0 Å². The highest BCUT2D eigenvalue weighted by Crippen LogP contribution is 2.00. The van der Waals surface area contributed by atoms with Crippen molar-refractivity contribution in [2.75, 3.05) is 7.05 Å². The lowest BCUT2D eigenvalue weighted by atomic mass is 10.3. The largest absolute Gasteiger partial charge is 0.346 e. The summed E-state index contributed by atoms with van der Waals surface area (Å²) in [7, 11) is 1.64. The number of hydrogen-bond acceptors (Lipinski definition) is 2. The third-order valence-corrected chi connectivity index (χ3v) is 1.19. The van der Waals surface area contributed by atoms with Gasteiger partial charge in [0, 0.05) is 24.7 Å². The highest BCUT2D eigenvalue weighted by Gasteiger charge is 2.02. The van der Waals surface area contributed by atoms with E-state index >= 15 is 0 Å². The van der Waals surface area contributed by atoms with Gasteiger partial charge in [-0.05, 0) is 6.08 Å². The molecule has 0 aromatic heterocycles. The number of nitrogens with one attached hydrogen (secondary N) is 1. The van der Waals surface area contributed by atoms with Crippen molar-refractivity contribution in [2.24, 2.45) is 9.98 Å². The van der Waals surface area contributed by atoms with Gasteiger partial charge in [0.15, 0.2) is 0 Å². The second kappa shape index (κ2) is 3.54. The predicted molar refractivity (Wildman–Crippen MR) is 46.8 cm³/mol. The standard InChI is InChI=1S/C8H9N3/c1-7-3-4-10-8(7)11-6-5-9-2/h3-4,6H,1H2,2H3,(H,10,11). The molecule has 3 nitrogen and oxygen atoms in total. The summed E-state index contributed by atoms with van der Waals surface area (Å²) in [5.74, 6) is 3.35. The fourth-order valence-electron chi connectivity index (χ4n) is 0.664. The molecule has 0 saturated heterocycles. The Morgan fingerprint density at radius 1 is 1.73 bits per heavy atom. The van der Waals surface area contributed by atoms with Crippen LogP contribution in [-0.4, -0.2) is 18.8 Å². The molecule has 0 spiro atoms. The number of amidine groups is 1. The Labute approximate surface area is 65.6 Å². The molecule has 3 heteroatoms. The maximum Gasteiger partial charge on any atom is 0.137 e. The van der Waals surface area contributed by atoms with Gasteiger partial charge in [-0.15, -0.1) is 0 Å². The molecule has 1 heterocycles. The fraction of sp³-hybridized carbons (Fsp3) is 0.125. The summed E-state index contributed by atoms with van der Waals surface area (Å²) >= 11 is 0. The van der Waals surface area contributed by atoms with Gasteiger partial charge < -0.3 is 5.32 Å². The van der Waals surface area contributed by atoms with Gasteiger partial charge in [-0.3, -0.25) is 0 Å². The molecule has 0 bridgehead atoms. The minimum Gasteiger partial charge on any atom is -0.346 e. The summed E-state index contributed by atoms with van der Waals surface area (Å²) in [5.41, 5.74) is 0.874. The molecule has 0 fully saturated rings. The zero-order valence-corrected chi connectivity index (χ0v) is 6.33. The van der Waals surface area contributed by atoms with Gasteiger partial charge >= 0.3 is 0 Å². The van der Waals surface area contributed by atoms with E-state index in [1.807, 2.05) is 6.08 Å². The van der Waals surface area contributed by atoms with Gasteiger partial charge in [0.1, 0.15) is 5.84 Å². The van der Waals surface area contributed by atoms with E-state index in [-0.39, 0.29) is 0 Å². The molecule has 0 atom stereocenters. The highest BCUT2D eigenvalue weighted by molar-refractivity contribution is 6.03. The Morgan fingerprint density at radius 2 is 2.55 bits per heavy atom. The first-order valence-corrected chi connectivity index (χ1v) is 3.21. The minimum absolute atomic E-state index is 0.751. The van der Waals surface area contributed by atoms with Crippen LogP contribution in [-0.2, 0) is 0 Å². The lowest BCUT2D eigenvalue weighted by molar-refractivity contribution is 1.30. The molecule has 1 rings (SSSR count). The van der Waals surface area contributed by atoms with Crippen LogP contribution in [0.5, 0.6) is 0 Å². The zero-order chi connectivity index (χ0) is 8.10. The van der Waals surface area contributed by atoms with Crippen molar-refractivity contribution in [1.82, 2.24) is 5.32 Å². The van der Waals surface area contributed by atoms with Gasteiger partial charge in [0.2, 0.25) is 0 Å². The van der Waals surface area contributed by atoms with Crippen molar-refractivity contribution in [3.63, 3.8) is 0 Å². The van der Waals surface area contributed by atoms with Crippen molar-refractivity contribution in [3.8, 4) is 0 Å². The number of rotatable bonds is 1. The van der Waals surface area contributed by atoms with Gasteiger partial charge in [0.05, 0.1) is 6.20 Å². The third-order valence-electron chi connectivity index (χ3n) is 1.19. The van der Waals surface area contributed by atoms with Crippen molar-refractivity contribution in [1.29, 1.82) is 0 Å². The average Bonchev–Trinajstić information content (AvgIpc) is 2.37. The molecule has 1 aliphatic rings. The van der Waals surface area contributed by atoms with E-state index in [1.54, 1.807) is 13.2 Å². The molecular formula is C8H9N3. The topological polar surface area (TPSA) is 36.8 Å². The summed E-state index contributed by atoms with van der Waals surface area (Å²) in [6.07, 6.45) is 5.15. The van der Waals surface area contributed by atoms with Crippen molar-refractivity contribution >= 4 is 11.7 Å². The highest BCUT2D eigenvalue weighted by atomic mass is 15.0. The molecule has 0 aromatic rings. The molecule has 1 N–H and O–H groups in total. The van der Waals surface area contributed by atoms with Crippen LogP contribution in [0.25, 0.3) is 0 Å². The maximum absolute atomic E-state index is 4.01. The molecule has 56 valence electrons. The Balaban J connectivity index is 2.69. The monoisotopic (exact) mass is 147 g/mol. The smallest absolute Gasteiger partial charge is 0.137 e. The quantitative estimate of drug-likeness (QED) is 0.549. The number of hydrogen-bond donors (Lipinski definition) is 1.